The van der Waals surface area contributed by atoms with Crippen molar-refractivity contribution >= 4 is 22.2 Å². The third-order valence-corrected chi connectivity index (χ3v) is 4.23. The zero-order valence-electron chi connectivity index (χ0n) is 11.7. The summed E-state index contributed by atoms with van der Waals surface area (Å²) in [6, 6.07) is 10.6. The summed E-state index contributed by atoms with van der Waals surface area (Å²) >= 11 is 1.76. The van der Waals surface area contributed by atoms with Crippen molar-refractivity contribution < 1.29 is 0 Å². The van der Waals surface area contributed by atoms with E-state index in [0.717, 1.165) is 31.7 Å². The molecule has 0 radical (unpaired) electrons. The predicted octanol–water partition coefficient (Wildman–Crippen LogP) is 3.45. The number of fused-ring (bicyclic) bond motifs is 1. The molecule has 4 heteroatoms. The molecule has 0 spiro atoms. The smallest absolute Gasteiger partial charge is 0.0841 e. The molecule has 3 aromatic rings. The number of hydrogen-bond acceptors (Lipinski definition) is 3. The van der Waals surface area contributed by atoms with Crippen LogP contribution in [0.3, 0.4) is 0 Å². The van der Waals surface area contributed by atoms with Crippen molar-refractivity contribution in [2.45, 2.75) is 26.4 Å². The fraction of sp³-hybridized carbons (Fsp3) is 0.312. The first-order valence-electron chi connectivity index (χ1n) is 7.04. The maximum atomic E-state index is 4.70. The van der Waals surface area contributed by atoms with E-state index >= 15 is 0 Å². The molecule has 0 unspecified atom stereocenters. The Kier molecular flexibility index (Phi) is 4.14. The Bertz CT molecular complexity index is 670. The Labute approximate surface area is 123 Å². The lowest BCUT2D eigenvalue weighted by Gasteiger charge is -2.01. The summed E-state index contributed by atoms with van der Waals surface area (Å²) < 4.78 is 2.07. The molecule has 0 atom stereocenters. The normalized spacial score (nSPS) is 11.2. The number of rotatable bonds is 6. The maximum Gasteiger partial charge on any atom is 0.0841 e. The second-order valence-electron chi connectivity index (χ2n) is 4.84. The number of aryl methyl sites for hydroxylation is 1. The second-order valence-corrected chi connectivity index (χ2v) is 5.62. The summed E-state index contributed by atoms with van der Waals surface area (Å²) in [5, 5.41) is 13.8. The number of thiophene rings is 1. The fourth-order valence-corrected chi connectivity index (χ4v) is 3.15. The zero-order valence-corrected chi connectivity index (χ0v) is 12.5. The van der Waals surface area contributed by atoms with E-state index in [0.29, 0.717) is 0 Å². The van der Waals surface area contributed by atoms with E-state index in [2.05, 4.69) is 58.0 Å². The highest BCUT2D eigenvalue weighted by atomic mass is 32.1. The van der Waals surface area contributed by atoms with Crippen molar-refractivity contribution in [3.05, 3.63) is 52.3 Å². The van der Waals surface area contributed by atoms with Crippen molar-refractivity contribution in [1.29, 1.82) is 0 Å². The standard InChI is InChI=1S/C16H19N3S/c1-2-19-16-6-4-3-5-14(16)15(18-19)11-17-9-7-13-8-10-20-12-13/h3-6,8,10,12,17H,2,7,9,11H2,1H3. The van der Waals surface area contributed by atoms with Crippen LogP contribution in [-0.4, -0.2) is 16.3 Å². The zero-order chi connectivity index (χ0) is 13.8. The lowest BCUT2D eigenvalue weighted by molar-refractivity contribution is 0.631. The molecular weight excluding hydrogens is 266 g/mol. The summed E-state index contributed by atoms with van der Waals surface area (Å²) in [7, 11) is 0. The van der Waals surface area contributed by atoms with Crippen molar-refractivity contribution in [1.82, 2.24) is 15.1 Å². The van der Waals surface area contributed by atoms with E-state index < -0.39 is 0 Å². The van der Waals surface area contributed by atoms with Gasteiger partial charge in [0.25, 0.3) is 0 Å². The summed E-state index contributed by atoms with van der Waals surface area (Å²) in [5.74, 6) is 0. The summed E-state index contributed by atoms with van der Waals surface area (Å²) in [6.07, 6.45) is 1.08. The van der Waals surface area contributed by atoms with E-state index in [1.165, 1.54) is 16.5 Å². The van der Waals surface area contributed by atoms with Crippen molar-refractivity contribution in [3.8, 4) is 0 Å². The van der Waals surface area contributed by atoms with Gasteiger partial charge in [0.15, 0.2) is 0 Å². The number of hydrogen-bond donors (Lipinski definition) is 1. The van der Waals surface area contributed by atoms with Crippen LogP contribution in [0.2, 0.25) is 0 Å². The first-order valence-corrected chi connectivity index (χ1v) is 7.99. The fourth-order valence-electron chi connectivity index (χ4n) is 2.44. The molecule has 2 aromatic heterocycles. The van der Waals surface area contributed by atoms with Crippen LogP contribution in [0.1, 0.15) is 18.2 Å². The van der Waals surface area contributed by atoms with E-state index in [-0.39, 0.29) is 0 Å². The Morgan fingerprint density at radius 3 is 2.95 bits per heavy atom. The van der Waals surface area contributed by atoms with Gasteiger partial charge in [0.2, 0.25) is 0 Å². The average molecular weight is 285 g/mol. The van der Waals surface area contributed by atoms with Crippen LogP contribution in [-0.2, 0) is 19.5 Å². The van der Waals surface area contributed by atoms with Crippen molar-refractivity contribution in [2.75, 3.05) is 6.54 Å². The van der Waals surface area contributed by atoms with Crippen LogP contribution >= 0.6 is 11.3 Å². The van der Waals surface area contributed by atoms with Gasteiger partial charge in [0, 0.05) is 18.5 Å². The van der Waals surface area contributed by atoms with Gasteiger partial charge in [-0.15, -0.1) is 0 Å². The third-order valence-electron chi connectivity index (χ3n) is 3.50. The van der Waals surface area contributed by atoms with E-state index in [9.17, 15) is 0 Å². The molecule has 1 N–H and O–H groups in total. The predicted molar refractivity (Wildman–Crippen MR) is 85.1 cm³/mol. The molecule has 0 bridgehead atoms. The van der Waals surface area contributed by atoms with Crippen LogP contribution in [0.5, 0.6) is 0 Å². The SMILES string of the molecule is CCn1nc(CNCCc2ccsc2)c2ccccc21. The van der Waals surface area contributed by atoms with Crippen LogP contribution in [0.15, 0.2) is 41.1 Å². The number of aromatic nitrogens is 2. The highest BCUT2D eigenvalue weighted by molar-refractivity contribution is 7.07. The lowest BCUT2D eigenvalue weighted by atomic mass is 10.2. The van der Waals surface area contributed by atoms with Crippen LogP contribution < -0.4 is 5.32 Å². The van der Waals surface area contributed by atoms with Crippen LogP contribution in [0.4, 0.5) is 0 Å². The van der Waals surface area contributed by atoms with Crippen LogP contribution in [0.25, 0.3) is 10.9 Å². The number of nitrogens with zero attached hydrogens (tertiary/aromatic N) is 2. The summed E-state index contributed by atoms with van der Waals surface area (Å²) in [6.45, 7) is 4.87. The molecule has 0 saturated heterocycles. The lowest BCUT2D eigenvalue weighted by Crippen LogP contribution is -2.17. The average Bonchev–Trinajstić information content (AvgIpc) is 3.11. The van der Waals surface area contributed by atoms with Gasteiger partial charge in [-0.2, -0.15) is 16.4 Å². The minimum absolute atomic E-state index is 0.831. The second kappa shape index (κ2) is 6.20. The molecule has 0 fully saturated rings. The number of nitrogens with one attached hydrogen (secondary N) is 1. The first-order chi connectivity index (χ1) is 9.88. The largest absolute Gasteiger partial charge is 0.311 e. The minimum atomic E-state index is 0.831. The molecular formula is C16H19N3S. The van der Waals surface area contributed by atoms with Gasteiger partial charge < -0.3 is 5.32 Å². The van der Waals surface area contributed by atoms with Gasteiger partial charge in [-0.1, -0.05) is 18.2 Å². The van der Waals surface area contributed by atoms with Gasteiger partial charge in [-0.3, -0.25) is 4.68 Å². The van der Waals surface area contributed by atoms with Gasteiger partial charge in [0.1, 0.15) is 0 Å². The number of benzene rings is 1. The Morgan fingerprint density at radius 2 is 2.15 bits per heavy atom. The molecule has 104 valence electrons. The minimum Gasteiger partial charge on any atom is -0.311 e. The molecule has 0 saturated carbocycles. The van der Waals surface area contributed by atoms with Gasteiger partial charge in [0.05, 0.1) is 11.2 Å². The van der Waals surface area contributed by atoms with E-state index in [4.69, 9.17) is 5.10 Å². The highest BCUT2D eigenvalue weighted by Gasteiger charge is 2.08. The maximum absolute atomic E-state index is 4.70. The van der Waals surface area contributed by atoms with Gasteiger partial charge in [-0.25, -0.2) is 0 Å². The Hall–Kier alpha value is -1.65. The molecule has 3 nitrogen and oxygen atoms in total. The first kappa shape index (κ1) is 13.3. The molecule has 0 aliphatic carbocycles. The van der Waals surface area contributed by atoms with Crippen LogP contribution in [0, 0.1) is 0 Å². The Morgan fingerprint density at radius 1 is 1.25 bits per heavy atom. The molecule has 20 heavy (non-hydrogen) atoms. The van der Waals surface area contributed by atoms with E-state index in [1.807, 2.05) is 0 Å². The molecule has 0 amide bonds. The van der Waals surface area contributed by atoms with Crippen molar-refractivity contribution in [3.63, 3.8) is 0 Å². The summed E-state index contributed by atoms with van der Waals surface area (Å²) in [5.41, 5.74) is 3.78. The molecule has 0 aliphatic heterocycles. The molecule has 3 rings (SSSR count). The summed E-state index contributed by atoms with van der Waals surface area (Å²) in [4.78, 5) is 0. The topological polar surface area (TPSA) is 29.9 Å². The number of para-hydroxylation sites is 1. The third kappa shape index (κ3) is 2.76. The van der Waals surface area contributed by atoms with Gasteiger partial charge in [-0.05, 0) is 48.3 Å². The molecule has 1 aromatic carbocycles. The Balaban J connectivity index is 1.65. The molecule has 0 aliphatic rings. The highest BCUT2D eigenvalue weighted by Crippen LogP contribution is 2.18. The van der Waals surface area contributed by atoms with Crippen molar-refractivity contribution in [2.24, 2.45) is 0 Å². The quantitative estimate of drug-likeness (QED) is 0.703. The van der Waals surface area contributed by atoms with Gasteiger partial charge >= 0.3 is 0 Å². The van der Waals surface area contributed by atoms with E-state index in [1.54, 1.807) is 11.3 Å². The molecule has 2 heterocycles. The monoisotopic (exact) mass is 285 g/mol.